The molecule has 1 aromatic carbocycles. The second kappa shape index (κ2) is 4.88. The number of rotatable bonds is 1. The molecule has 4 rings (SSSR count). The van der Waals surface area contributed by atoms with Crippen molar-refractivity contribution in [2.75, 3.05) is 0 Å². The summed E-state index contributed by atoms with van der Waals surface area (Å²) < 4.78 is 11.7. The largest absolute Gasteiger partial charge is 0.504 e. The van der Waals surface area contributed by atoms with E-state index in [2.05, 4.69) is 18.2 Å². The third kappa shape index (κ3) is 1.87. The second-order valence-electron chi connectivity index (χ2n) is 6.66. The van der Waals surface area contributed by atoms with Crippen molar-refractivity contribution in [3.8, 4) is 11.5 Å². The van der Waals surface area contributed by atoms with Crippen LogP contribution >= 0.6 is 0 Å². The van der Waals surface area contributed by atoms with E-state index in [-0.39, 0.29) is 29.2 Å². The smallest absolute Gasteiger partial charge is 0.303 e. The number of phenols is 1. The quantitative estimate of drug-likeness (QED) is 0.639. The van der Waals surface area contributed by atoms with Crippen molar-refractivity contribution in [2.24, 2.45) is 5.92 Å². The molecule has 4 nitrogen and oxygen atoms in total. The summed E-state index contributed by atoms with van der Waals surface area (Å²) in [4.78, 5) is 11.5. The van der Waals surface area contributed by atoms with Gasteiger partial charge in [-0.2, -0.15) is 0 Å². The van der Waals surface area contributed by atoms with Gasteiger partial charge < -0.3 is 14.6 Å². The van der Waals surface area contributed by atoms with Gasteiger partial charge in [0, 0.05) is 12.5 Å². The zero-order chi connectivity index (χ0) is 16.2. The van der Waals surface area contributed by atoms with Gasteiger partial charge in [0.05, 0.1) is 5.41 Å². The van der Waals surface area contributed by atoms with Crippen molar-refractivity contribution in [2.45, 2.75) is 44.3 Å². The topological polar surface area (TPSA) is 55.8 Å². The molecule has 0 amide bonds. The van der Waals surface area contributed by atoms with E-state index in [0.717, 1.165) is 24.0 Å². The van der Waals surface area contributed by atoms with Crippen molar-refractivity contribution >= 4 is 5.97 Å². The molecule has 120 valence electrons. The normalized spacial score (nSPS) is 33.4. The number of esters is 1. The number of aromatic hydroxyl groups is 1. The Kier molecular flexibility index (Phi) is 3.05. The molecule has 0 aromatic heterocycles. The highest BCUT2D eigenvalue weighted by Crippen LogP contribution is 2.59. The lowest BCUT2D eigenvalue weighted by molar-refractivity contribution is -0.150. The Morgan fingerprint density at radius 3 is 2.96 bits per heavy atom. The average Bonchev–Trinajstić information content (AvgIpc) is 2.87. The second-order valence-corrected chi connectivity index (χ2v) is 6.66. The number of aryl methyl sites for hydroxylation is 1. The molecule has 3 aliphatic rings. The molecule has 1 heterocycles. The van der Waals surface area contributed by atoms with Crippen LogP contribution in [0.15, 0.2) is 36.4 Å². The first kappa shape index (κ1) is 14.4. The third-order valence-electron chi connectivity index (χ3n) is 5.37. The Morgan fingerprint density at radius 1 is 1.35 bits per heavy atom. The zero-order valence-electron chi connectivity index (χ0n) is 13.3. The minimum absolute atomic E-state index is 0.157. The van der Waals surface area contributed by atoms with Gasteiger partial charge in [-0.1, -0.05) is 24.3 Å². The lowest BCUT2D eigenvalue weighted by atomic mass is 9.58. The van der Waals surface area contributed by atoms with Gasteiger partial charge >= 0.3 is 5.97 Å². The van der Waals surface area contributed by atoms with Crippen molar-refractivity contribution in [1.82, 2.24) is 0 Å². The summed E-state index contributed by atoms with van der Waals surface area (Å²) in [6, 6.07) is 3.60. The molecule has 0 saturated carbocycles. The maximum atomic E-state index is 11.5. The first-order valence-corrected chi connectivity index (χ1v) is 8.04. The van der Waals surface area contributed by atoms with Crippen LogP contribution in [0.3, 0.4) is 0 Å². The minimum atomic E-state index is -0.429. The standard InChI is InChI=1S/C19H20O4/c1-11-6-8-14(21)17-16(11)19-10-4-3-5-13(19)7-9-15(18(19)23-17)22-12(2)20/h3-4,6-9,13,15,18,21H,5,10H2,1-2H3/t13?,15-,18-,19-/m0/s1. The molecule has 2 aliphatic carbocycles. The number of carbonyl (C=O) groups is 1. The number of hydrogen-bond acceptors (Lipinski definition) is 4. The molecule has 0 fully saturated rings. The molecular formula is C19H20O4. The Morgan fingerprint density at radius 2 is 2.17 bits per heavy atom. The Labute approximate surface area is 135 Å². The van der Waals surface area contributed by atoms with Gasteiger partial charge in [0.25, 0.3) is 0 Å². The summed E-state index contributed by atoms with van der Waals surface area (Å²) in [5.74, 6) is 0.673. The van der Waals surface area contributed by atoms with E-state index in [4.69, 9.17) is 9.47 Å². The highest BCUT2D eigenvalue weighted by Gasteiger charge is 2.59. The van der Waals surface area contributed by atoms with Crippen LogP contribution in [0.5, 0.6) is 11.5 Å². The number of benzene rings is 1. The molecule has 1 unspecified atom stereocenters. The average molecular weight is 312 g/mol. The first-order valence-electron chi connectivity index (χ1n) is 8.04. The van der Waals surface area contributed by atoms with Crippen LogP contribution in [0.4, 0.5) is 0 Å². The number of ether oxygens (including phenoxy) is 2. The molecule has 1 N–H and O–H groups in total. The van der Waals surface area contributed by atoms with Gasteiger partial charge in [-0.05, 0) is 43.4 Å². The Hall–Kier alpha value is -2.23. The molecule has 0 bridgehead atoms. The van der Waals surface area contributed by atoms with Gasteiger partial charge in [-0.3, -0.25) is 4.79 Å². The summed E-state index contributed by atoms with van der Waals surface area (Å²) in [5.41, 5.74) is 1.90. The molecule has 0 saturated heterocycles. The van der Waals surface area contributed by atoms with Crippen molar-refractivity contribution in [3.05, 3.63) is 47.6 Å². The van der Waals surface area contributed by atoms with E-state index >= 15 is 0 Å². The summed E-state index contributed by atoms with van der Waals surface area (Å²) in [5, 5.41) is 10.3. The molecule has 1 aromatic rings. The predicted molar refractivity (Wildman–Crippen MR) is 85.5 cm³/mol. The van der Waals surface area contributed by atoms with Gasteiger partial charge in [-0.15, -0.1) is 0 Å². The summed E-state index contributed by atoms with van der Waals surface area (Å²) in [6.07, 6.45) is 9.48. The molecule has 23 heavy (non-hydrogen) atoms. The van der Waals surface area contributed by atoms with E-state index in [0.29, 0.717) is 5.75 Å². The van der Waals surface area contributed by atoms with E-state index in [1.165, 1.54) is 6.92 Å². The van der Waals surface area contributed by atoms with Gasteiger partial charge in [0.15, 0.2) is 17.6 Å². The van der Waals surface area contributed by atoms with Crippen LogP contribution in [-0.4, -0.2) is 23.3 Å². The number of allylic oxidation sites excluding steroid dienone is 3. The highest BCUT2D eigenvalue weighted by molar-refractivity contribution is 5.67. The molecule has 4 atom stereocenters. The fourth-order valence-electron chi connectivity index (χ4n) is 4.49. The van der Waals surface area contributed by atoms with Crippen molar-refractivity contribution < 1.29 is 19.4 Å². The van der Waals surface area contributed by atoms with Crippen LogP contribution in [0.1, 0.15) is 30.9 Å². The third-order valence-corrected chi connectivity index (χ3v) is 5.37. The van der Waals surface area contributed by atoms with Gasteiger partial charge in [0.1, 0.15) is 6.10 Å². The summed E-state index contributed by atoms with van der Waals surface area (Å²) in [7, 11) is 0. The fraction of sp³-hybridized carbons (Fsp3) is 0.421. The molecule has 4 heteroatoms. The van der Waals surface area contributed by atoms with Gasteiger partial charge in [-0.25, -0.2) is 0 Å². The predicted octanol–water partition coefficient (Wildman–Crippen LogP) is 3.17. The number of hydrogen-bond donors (Lipinski definition) is 1. The van der Waals surface area contributed by atoms with E-state index in [1.54, 1.807) is 6.07 Å². The lowest BCUT2D eigenvalue weighted by Gasteiger charge is -2.46. The van der Waals surface area contributed by atoms with E-state index < -0.39 is 6.10 Å². The van der Waals surface area contributed by atoms with E-state index in [9.17, 15) is 9.90 Å². The van der Waals surface area contributed by atoms with E-state index in [1.807, 2.05) is 19.1 Å². The van der Waals surface area contributed by atoms with Crippen LogP contribution in [0.2, 0.25) is 0 Å². The lowest BCUT2D eigenvalue weighted by Crippen LogP contribution is -2.54. The van der Waals surface area contributed by atoms with Crippen LogP contribution in [0, 0.1) is 12.8 Å². The van der Waals surface area contributed by atoms with Crippen molar-refractivity contribution in [3.63, 3.8) is 0 Å². The maximum absolute atomic E-state index is 11.5. The number of fused-ring (bicyclic) bond motifs is 1. The fourth-order valence-corrected chi connectivity index (χ4v) is 4.49. The molecule has 0 radical (unpaired) electrons. The monoisotopic (exact) mass is 312 g/mol. The summed E-state index contributed by atoms with van der Waals surface area (Å²) >= 11 is 0. The molecular weight excluding hydrogens is 292 g/mol. The molecule has 1 aliphatic heterocycles. The van der Waals surface area contributed by atoms with Crippen LogP contribution in [0.25, 0.3) is 0 Å². The summed E-state index contributed by atoms with van der Waals surface area (Å²) in [6.45, 7) is 3.46. The van der Waals surface area contributed by atoms with Gasteiger partial charge in [0.2, 0.25) is 0 Å². The van der Waals surface area contributed by atoms with Crippen LogP contribution in [-0.2, 0) is 14.9 Å². The minimum Gasteiger partial charge on any atom is -0.504 e. The number of phenolic OH excluding ortho intramolecular Hbond substituents is 1. The van der Waals surface area contributed by atoms with Crippen molar-refractivity contribution in [1.29, 1.82) is 0 Å². The van der Waals surface area contributed by atoms with Crippen LogP contribution < -0.4 is 4.74 Å². The Bertz CT molecular complexity index is 733. The zero-order valence-corrected chi connectivity index (χ0v) is 13.3. The molecule has 1 spiro atoms. The highest BCUT2D eigenvalue weighted by atomic mass is 16.6. The SMILES string of the molecule is CC(=O)O[C@H]1C=CC2CC=CC[C@@]23c2c(C)ccc(O)c2O[C@@H]13. The first-order chi connectivity index (χ1) is 11.0. The number of carbonyl (C=O) groups excluding carboxylic acids is 1. The Balaban J connectivity index is 1.92. The maximum Gasteiger partial charge on any atom is 0.303 e.